The zero-order chi connectivity index (χ0) is 15.2. The molecule has 2 aliphatic rings. The van der Waals surface area contributed by atoms with Crippen LogP contribution in [0.15, 0.2) is 48.5 Å². The molecule has 0 bridgehead atoms. The molecule has 0 aromatic heterocycles. The molecular weight excluding hydrogens is 282 g/mol. The van der Waals surface area contributed by atoms with E-state index in [4.69, 9.17) is 19.6 Å². The Morgan fingerprint density at radius 1 is 0.818 bits per heavy atom. The highest BCUT2D eigenvalue weighted by Crippen LogP contribution is 2.44. The first-order valence-electron chi connectivity index (χ1n) is 7.35. The third-order valence-corrected chi connectivity index (χ3v) is 4.04. The number of aryl methyl sites for hydroxylation is 1. The quantitative estimate of drug-likeness (QED) is 0.675. The summed E-state index contributed by atoms with van der Waals surface area (Å²) in [5.74, 6) is -1.52. The lowest BCUT2D eigenvalue weighted by Gasteiger charge is -2.12. The number of benzene rings is 2. The molecule has 5 nitrogen and oxygen atoms in total. The molecule has 0 saturated carbocycles. The molecule has 2 aromatic rings. The Morgan fingerprint density at radius 2 is 1.41 bits per heavy atom. The first-order chi connectivity index (χ1) is 10.6. The van der Waals surface area contributed by atoms with Gasteiger partial charge < -0.3 is 5.32 Å². The molecule has 0 unspecified atom stereocenters. The van der Waals surface area contributed by atoms with Gasteiger partial charge in [0.25, 0.3) is 5.79 Å². The predicted octanol–water partition coefficient (Wildman–Crippen LogP) is 3.57. The van der Waals surface area contributed by atoms with Gasteiger partial charge >= 0.3 is 5.91 Å². The van der Waals surface area contributed by atoms with Crippen molar-refractivity contribution >= 4 is 5.69 Å². The Balaban J connectivity index is 1.53. The zero-order valence-corrected chi connectivity index (χ0v) is 12.5. The Kier molecular flexibility index (Phi) is 2.99. The maximum absolute atomic E-state index is 5.21. The van der Waals surface area contributed by atoms with Crippen molar-refractivity contribution in [1.82, 2.24) is 0 Å². The topological polar surface area (TPSA) is 62.1 Å². The Labute approximate surface area is 128 Å². The van der Waals surface area contributed by atoms with Gasteiger partial charge in [-0.3, -0.25) is 0 Å². The lowest BCUT2D eigenvalue weighted by atomic mass is 10.0. The second-order valence-electron chi connectivity index (χ2n) is 5.65. The fourth-order valence-corrected chi connectivity index (χ4v) is 2.42. The van der Waals surface area contributed by atoms with Crippen LogP contribution in [0.2, 0.25) is 0 Å². The lowest BCUT2D eigenvalue weighted by molar-refractivity contribution is 0.0850. The Morgan fingerprint density at radius 3 is 1.91 bits per heavy atom. The fourth-order valence-electron chi connectivity index (χ4n) is 2.42. The van der Waals surface area contributed by atoms with E-state index in [1.54, 1.807) is 0 Å². The van der Waals surface area contributed by atoms with Crippen molar-refractivity contribution in [2.75, 3.05) is 5.32 Å². The number of hydrogen-bond donors (Lipinski definition) is 1. The van der Waals surface area contributed by atoms with E-state index in [2.05, 4.69) is 24.4 Å². The van der Waals surface area contributed by atoms with Crippen molar-refractivity contribution in [2.24, 2.45) is 0 Å². The summed E-state index contributed by atoms with van der Waals surface area (Å²) < 4.78 is 0. The molecule has 2 heterocycles. The molecule has 2 aliphatic heterocycles. The van der Waals surface area contributed by atoms with Gasteiger partial charge in [-0.1, -0.05) is 43.3 Å². The van der Waals surface area contributed by atoms with Gasteiger partial charge in [0, 0.05) is 16.8 Å². The average Bonchev–Trinajstić information content (AvgIpc) is 3.47. The molecule has 0 aliphatic carbocycles. The SMILES string of the molecule is CCc1ccc(NC2(c3ccc(C4(C)OO4)cc3)OO2)cc1. The third-order valence-electron chi connectivity index (χ3n) is 4.04. The summed E-state index contributed by atoms with van der Waals surface area (Å²) in [6.07, 6.45) is 1.02. The van der Waals surface area contributed by atoms with Gasteiger partial charge in [-0.25, -0.2) is 0 Å². The summed E-state index contributed by atoms with van der Waals surface area (Å²) >= 11 is 0. The van der Waals surface area contributed by atoms with Crippen LogP contribution in [0.1, 0.15) is 30.5 Å². The highest BCUT2D eigenvalue weighted by molar-refractivity contribution is 5.48. The molecule has 0 amide bonds. The second kappa shape index (κ2) is 4.79. The van der Waals surface area contributed by atoms with Crippen LogP contribution >= 0.6 is 0 Å². The van der Waals surface area contributed by atoms with Crippen molar-refractivity contribution < 1.29 is 19.6 Å². The van der Waals surface area contributed by atoms with Crippen LogP contribution in [-0.2, 0) is 37.7 Å². The van der Waals surface area contributed by atoms with Gasteiger partial charge in [-0.15, -0.1) is 0 Å². The Bertz CT molecular complexity index is 673. The van der Waals surface area contributed by atoms with E-state index in [0.29, 0.717) is 0 Å². The monoisotopic (exact) mass is 299 g/mol. The van der Waals surface area contributed by atoms with Gasteiger partial charge in [-0.2, -0.15) is 19.6 Å². The Hall–Kier alpha value is -1.92. The summed E-state index contributed by atoms with van der Waals surface area (Å²) in [6, 6.07) is 16.0. The third kappa shape index (κ3) is 2.38. The van der Waals surface area contributed by atoms with Gasteiger partial charge in [-0.05, 0) is 31.0 Å². The first-order valence-corrected chi connectivity index (χ1v) is 7.35. The molecule has 5 heteroatoms. The van der Waals surface area contributed by atoms with E-state index in [0.717, 1.165) is 23.2 Å². The van der Waals surface area contributed by atoms with Crippen molar-refractivity contribution in [1.29, 1.82) is 0 Å². The molecule has 2 saturated heterocycles. The molecule has 0 atom stereocenters. The van der Waals surface area contributed by atoms with Crippen molar-refractivity contribution in [3.05, 3.63) is 65.2 Å². The zero-order valence-electron chi connectivity index (χ0n) is 12.5. The average molecular weight is 299 g/mol. The second-order valence-corrected chi connectivity index (χ2v) is 5.65. The number of rotatable bonds is 5. The molecule has 2 fully saturated rings. The largest absolute Gasteiger partial charge is 0.335 e. The van der Waals surface area contributed by atoms with Crippen molar-refractivity contribution in [3.8, 4) is 0 Å². The van der Waals surface area contributed by atoms with Gasteiger partial charge in [0.05, 0.1) is 0 Å². The lowest BCUT2D eigenvalue weighted by Crippen LogP contribution is -2.20. The maximum Gasteiger partial charge on any atom is 0.335 e. The molecule has 4 rings (SSSR count). The summed E-state index contributed by atoms with van der Waals surface area (Å²) in [4.78, 5) is 20.3. The normalized spacial score (nSPS) is 20.5. The molecular formula is C17H17NO4. The first kappa shape index (κ1) is 13.7. The van der Waals surface area contributed by atoms with Crippen molar-refractivity contribution in [3.63, 3.8) is 0 Å². The summed E-state index contributed by atoms with van der Waals surface area (Å²) in [6.45, 7) is 4.00. The van der Waals surface area contributed by atoms with Crippen LogP contribution in [0.5, 0.6) is 0 Å². The number of anilines is 1. The van der Waals surface area contributed by atoms with Gasteiger partial charge in [0.2, 0.25) is 0 Å². The summed E-state index contributed by atoms with van der Waals surface area (Å²) in [5.41, 5.74) is 4.08. The highest BCUT2D eigenvalue weighted by Gasteiger charge is 2.52. The summed E-state index contributed by atoms with van der Waals surface area (Å²) in [5, 5.41) is 3.26. The number of hydrogen-bond acceptors (Lipinski definition) is 5. The minimum absolute atomic E-state index is 0.611. The van der Waals surface area contributed by atoms with Crippen molar-refractivity contribution in [2.45, 2.75) is 32.0 Å². The molecule has 1 N–H and O–H groups in total. The number of nitrogens with one attached hydrogen (secondary N) is 1. The van der Waals surface area contributed by atoms with E-state index in [1.807, 2.05) is 43.3 Å². The van der Waals surface area contributed by atoms with Crippen LogP contribution in [0.25, 0.3) is 0 Å². The molecule has 0 spiro atoms. The maximum atomic E-state index is 5.21. The standard InChI is InChI=1S/C17H17NO4/c1-3-12-4-10-15(11-5-12)18-17(21-22-17)14-8-6-13(7-9-14)16(2)19-20-16/h4-11,18H,3H2,1-2H3. The van der Waals surface area contributed by atoms with E-state index >= 15 is 0 Å². The van der Waals surface area contributed by atoms with Crippen LogP contribution in [0, 0.1) is 0 Å². The van der Waals surface area contributed by atoms with Crippen LogP contribution in [-0.4, -0.2) is 0 Å². The highest BCUT2D eigenvalue weighted by atomic mass is 17.4. The van der Waals surface area contributed by atoms with E-state index in [9.17, 15) is 0 Å². The minimum Gasteiger partial charge on any atom is -0.327 e. The fraction of sp³-hybridized carbons (Fsp3) is 0.294. The molecule has 0 radical (unpaired) electrons. The molecule has 2 aromatic carbocycles. The summed E-state index contributed by atoms with van der Waals surface area (Å²) in [7, 11) is 0. The minimum atomic E-state index is -0.904. The molecule has 114 valence electrons. The van der Waals surface area contributed by atoms with Crippen LogP contribution in [0.3, 0.4) is 0 Å². The van der Waals surface area contributed by atoms with E-state index in [1.165, 1.54) is 5.56 Å². The van der Waals surface area contributed by atoms with E-state index in [-0.39, 0.29) is 0 Å². The van der Waals surface area contributed by atoms with Gasteiger partial charge in [0.1, 0.15) is 0 Å². The van der Waals surface area contributed by atoms with Crippen LogP contribution in [0.4, 0.5) is 5.69 Å². The predicted molar refractivity (Wildman–Crippen MR) is 79.3 cm³/mol. The molecule has 22 heavy (non-hydrogen) atoms. The van der Waals surface area contributed by atoms with Crippen LogP contribution < -0.4 is 5.32 Å². The van der Waals surface area contributed by atoms with E-state index < -0.39 is 11.7 Å². The smallest absolute Gasteiger partial charge is 0.327 e. The van der Waals surface area contributed by atoms with Gasteiger partial charge in [0.15, 0.2) is 0 Å².